The standard InChI is InChI=1S/C17H22F2N2O2/c1-10(23-14-5-6-15(18)16(19)9-14)17(22)21(2)13-7-11-3-4-12(8-13)20-11/h5-6,9-13,20H,3-4,7-8H2,1-2H3. The van der Waals surface area contributed by atoms with Crippen LogP contribution in [0.2, 0.25) is 0 Å². The number of ether oxygens (including phenoxy) is 1. The van der Waals surface area contributed by atoms with Crippen molar-refractivity contribution in [3.05, 3.63) is 29.8 Å². The van der Waals surface area contributed by atoms with E-state index in [1.165, 1.54) is 18.9 Å². The topological polar surface area (TPSA) is 41.6 Å². The first-order valence-corrected chi connectivity index (χ1v) is 8.08. The molecule has 0 radical (unpaired) electrons. The third-order valence-electron chi connectivity index (χ3n) is 4.90. The molecule has 0 spiro atoms. The average molecular weight is 324 g/mol. The lowest BCUT2D eigenvalue weighted by molar-refractivity contribution is -0.139. The molecule has 0 aromatic heterocycles. The van der Waals surface area contributed by atoms with Crippen molar-refractivity contribution in [1.82, 2.24) is 10.2 Å². The summed E-state index contributed by atoms with van der Waals surface area (Å²) in [6, 6.07) is 4.48. The molecule has 0 aliphatic carbocycles. The van der Waals surface area contributed by atoms with Crippen LogP contribution in [0.1, 0.15) is 32.6 Å². The zero-order valence-corrected chi connectivity index (χ0v) is 13.4. The summed E-state index contributed by atoms with van der Waals surface area (Å²) in [7, 11) is 1.79. The van der Waals surface area contributed by atoms with Crippen LogP contribution < -0.4 is 10.1 Å². The number of benzene rings is 1. The molecule has 2 heterocycles. The predicted molar refractivity (Wildman–Crippen MR) is 82.2 cm³/mol. The highest BCUT2D eigenvalue weighted by Gasteiger charge is 2.37. The minimum absolute atomic E-state index is 0.138. The van der Waals surface area contributed by atoms with Gasteiger partial charge in [0.1, 0.15) is 5.75 Å². The number of carbonyl (C=O) groups is 1. The van der Waals surface area contributed by atoms with Gasteiger partial charge in [-0.1, -0.05) is 0 Å². The van der Waals surface area contributed by atoms with E-state index in [4.69, 9.17) is 4.74 Å². The van der Waals surface area contributed by atoms with Crippen LogP contribution in [0.15, 0.2) is 18.2 Å². The van der Waals surface area contributed by atoms with Crippen LogP contribution in [0.4, 0.5) is 8.78 Å². The first kappa shape index (κ1) is 16.2. The summed E-state index contributed by atoms with van der Waals surface area (Å²) >= 11 is 0. The van der Waals surface area contributed by atoms with Crippen molar-refractivity contribution in [3.8, 4) is 5.75 Å². The quantitative estimate of drug-likeness (QED) is 0.925. The molecule has 1 aromatic rings. The van der Waals surface area contributed by atoms with Gasteiger partial charge in [-0.15, -0.1) is 0 Å². The lowest BCUT2D eigenvalue weighted by atomic mass is 9.98. The van der Waals surface area contributed by atoms with E-state index in [1.807, 2.05) is 0 Å². The average Bonchev–Trinajstić information content (AvgIpc) is 2.87. The number of piperidine rings is 1. The minimum Gasteiger partial charge on any atom is -0.481 e. The van der Waals surface area contributed by atoms with Gasteiger partial charge < -0.3 is 15.0 Å². The van der Waals surface area contributed by atoms with E-state index < -0.39 is 17.7 Å². The van der Waals surface area contributed by atoms with Crippen LogP contribution in [-0.4, -0.2) is 42.1 Å². The Morgan fingerprint density at radius 2 is 1.91 bits per heavy atom. The fourth-order valence-electron chi connectivity index (χ4n) is 3.61. The number of amides is 1. The Kier molecular flexibility index (Phi) is 4.53. The maximum Gasteiger partial charge on any atom is 0.263 e. The molecule has 2 bridgehead atoms. The molecule has 2 saturated heterocycles. The molecule has 1 N–H and O–H groups in total. The molecule has 4 nitrogen and oxygen atoms in total. The van der Waals surface area contributed by atoms with Crippen molar-refractivity contribution in [1.29, 1.82) is 0 Å². The van der Waals surface area contributed by atoms with Crippen molar-refractivity contribution < 1.29 is 18.3 Å². The first-order chi connectivity index (χ1) is 10.9. The van der Waals surface area contributed by atoms with Gasteiger partial charge >= 0.3 is 0 Å². The molecule has 1 amide bonds. The zero-order chi connectivity index (χ0) is 16.6. The fourth-order valence-corrected chi connectivity index (χ4v) is 3.61. The summed E-state index contributed by atoms with van der Waals surface area (Å²) in [4.78, 5) is 14.3. The number of fused-ring (bicyclic) bond motifs is 2. The van der Waals surface area contributed by atoms with Crippen molar-refractivity contribution in [2.45, 2.75) is 56.8 Å². The van der Waals surface area contributed by atoms with Gasteiger partial charge in [-0.25, -0.2) is 8.78 Å². The lowest BCUT2D eigenvalue weighted by Crippen LogP contribution is -2.51. The van der Waals surface area contributed by atoms with E-state index >= 15 is 0 Å². The maximum absolute atomic E-state index is 13.2. The van der Waals surface area contributed by atoms with E-state index in [2.05, 4.69) is 5.32 Å². The number of carbonyl (C=O) groups excluding carboxylic acids is 1. The monoisotopic (exact) mass is 324 g/mol. The summed E-state index contributed by atoms with van der Waals surface area (Å²) in [5, 5.41) is 3.55. The number of halogens is 2. The Morgan fingerprint density at radius 1 is 1.26 bits per heavy atom. The predicted octanol–water partition coefficient (Wildman–Crippen LogP) is 2.47. The second-order valence-electron chi connectivity index (χ2n) is 6.55. The van der Waals surface area contributed by atoms with Crippen LogP contribution in [-0.2, 0) is 4.79 Å². The second kappa shape index (κ2) is 6.43. The van der Waals surface area contributed by atoms with Crippen LogP contribution in [0.25, 0.3) is 0 Å². The van der Waals surface area contributed by atoms with Gasteiger partial charge in [-0.3, -0.25) is 4.79 Å². The fraction of sp³-hybridized carbons (Fsp3) is 0.588. The Labute approximate surface area is 134 Å². The number of nitrogens with one attached hydrogen (secondary N) is 1. The van der Waals surface area contributed by atoms with Crippen LogP contribution in [0, 0.1) is 11.6 Å². The van der Waals surface area contributed by atoms with E-state index in [9.17, 15) is 13.6 Å². The SMILES string of the molecule is CC(Oc1ccc(F)c(F)c1)C(=O)N(C)C1CC2CCC(C1)N2. The molecule has 1 aromatic carbocycles. The lowest BCUT2D eigenvalue weighted by Gasteiger charge is -2.36. The number of nitrogens with zero attached hydrogens (tertiary/aromatic N) is 1. The summed E-state index contributed by atoms with van der Waals surface area (Å²) in [5.74, 6) is -1.89. The Hall–Kier alpha value is -1.69. The highest BCUT2D eigenvalue weighted by molar-refractivity contribution is 5.81. The number of hydrogen-bond donors (Lipinski definition) is 1. The molecule has 2 aliphatic heterocycles. The van der Waals surface area contributed by atoms with Gasteiger partial charge in [0.05, 0.1) is 0 Å². The van der Waals surface area contributed by atoms with Crippen LogP contribution in [0.5, 0.6) is 5.75 Å². The normalized spacial score (nSPS) is 27.6. The van der Waals surface area contributed by atoms with E-state index in [-0.39, 0.29) is 17.7 Å². The zero-order valence-electron chi connectivity index (χ0n) is 13.4. The van der Waals surface area contributed by atoms with Gasteiger partial charge in [-0.05, 0) is 44.7 Å². The molecular formula is C17H22F2N2O2. The molecule has 3 atom stereocenters. The van der Waals surface area contributed by atoms with E-state index in [0.29, 0.717) is 12.1 Å². The summed E-state index contributed by atoms with van der Waals surface area (Å²) < 4.78 is 31.6. The van der Waals surface area contributed by atoms with Crippen molar-refractivity contribution >= 4 is 5.91 Å². The third kappa shape index (κ3) is 3.47. The van der Waals surface area contributed by atoms with Gasteiger partial charge in [0.25, 0.3) is 5.91 Å². The molecule has 6 heteroatoms. The summed E-state index contributed by atoms with van der Waals surface area (Å²) in [6.45, 7) is 1.63. The van der Waals surface area contributed by atoms with Crippen LogP contribution in [0.3, 0.4) is 0 Å². The van der Waals surface area contributed by atoms with Crippen molar-refractivity contribution in [2.75, 3.05) is 7.05 Å². The smallest absolute Gasteiger partial charge is 0.263 e. The molecule has 3 unspecified atom stereocenters. The summed E-state index contributed by atoms with van der Waals surface area (Å²) in [6.07, 6.45) is 3.51. The van der Waals surface area contributed by atoms with E-state index in [0.717, 1.165) is 25.0 Å². The molecule has 2 fully saturated rings. The Balaban J connectivity index is 1.61. The van der Waals surface area contributed by atoms with E-state index in [1.54, 1.807) is 18.9 Å². The largest absolute Gasteiger partial charge is 0.481 e. The summed E-state index contributed by atoms with van der Waals surface area (Å²) in [5.41, 5.74) is 0. The van der Waals surface area contributed by atoms with Gasteiger partial charge in [0.15, 0.2) is 17.7 Å². The third-order valence-corrected chi connectivity index (χ3v) is 4.90. The Morgan fingerprint density at radius 3 is 2.52 bits per heavy atom. The maximum atomic E-state index is 13.2. The number of hydrogen-bond acceptors (Lipinski definition) is 3. The van der Waals surface area contributed by atoms with Crippen molar-refractivity contribution in [3.63, 3.8) is 0 Å². The van der Waals surface area contributed by atoms with Gasteiger partial charge in [0.2, 0.25) is 0 Å². The molecule has 23 heavy (non-hydrogen) atoms. The molecular weight excluding hydrogens is 302 g/mol. The second-order valence-corrected chi connectivity index (χ2v) is 6.55. The molecule has 126 valence electrons. The first-order valence-electron chi connectivity index (χ1n) is 8.08. The highest BCUT2D eigenvalue weighted by Crippen LogP contribution is 2.29. The minimum atomic E-state index is -0.981. The van der Waals surface area contributed by atoms with Crippen molar-refractivity contribution in [2.24, 2.45) is 0 Å². The highest BCUT2D eigenvalue weighted by atomic mass is 19.2. The molecule has 2 aliphatic rings. The number of likely N-dealkylation sites (N-methyl/N-ethyl adjacent to an activating group) is 1. The Bertz CT molecular complexity index is 584. The van der Waals surface area contributed by atoms with Crippen LogP contribution >= 0.6 is 0 Å². The molecule has 0 saturated carbocycles. The van der Waals surface area contributed by atoms with Gasteiger partial charge in [-0.2, -0.15) is 0 Å². The van der Waals surface area contributed by atoms with Gasteiger partial charge in [0, 0.05) is 31.2 Å². The number of rotatable bonds is 4. The molecule has 3 rings (SSSR count).